The van der Waals surface area contributed by atoms with E-state index in [1.807, 2.05) is 17.8 Å². The Kier molecular flexibility index (Phi) is 13.6. The van der Waals surface area contributed by atoms with E-state index in [2.05, 4.69) is 199 Å². The topological polar surface area (TPSA) is 25.9 Å². The summed E-state index contributed by atoms with van der Waals surface area (Å²) in [4.78, 5) is 0. The summed E-state index contributed by atoms with van der Waals surface area (Å²) in [5, 5.41) is 2.06. The quantitative estimate of drug-likeness (QED) is 0.111. The molecule has 7 aromatic rings. The second kappa shape index (κ2) is 18.4. The predicted molar refractivity (Wildman–Crippen MR) is 261 cm³/mol. The molecule has 3 nitrogen and oxygen atoms in total. The summed E-state index contributed by atoms with van der Waals surface area (Å²) in [6.45, 7) is 30.6. The highest BCUT2D eigenvalue weighted by Gasteiger charge is 2.28. The van der Waals surface area contributed by atoms with Gasteiger partial charge in [-0.05, 0) is 187 Å². The molecule has 0 amide bonds. The molecule has 0 saturated heterocycles. The molecular weight excluding hydrogens is 767 g/mol. The maximum absolute atomic E-state index is 15.7. The summed E-state index contributed by atoms with van der Waals surface area (Å²) in [7, 11) is 0.878. The van der Waals surface area contributed by atoms with Gasteiger partial charge in [0.25, 0.3) is 0 Å². The highest BCUT2D eigenvalue weighted by Crippen LogP contribution is 2.52. The Balaban J connectivity index is 0.000000594. The number of hydrogen-bond acceptors (Lipinski definition) is 1. The number of benzene rings is 6. The van der Waals surface area contributed by atoms with E-state index >= 15 is 4.57 Å². The fourth-order valence-electron chi connectivity index (χ4n) is 9.54. The van der Waals surface area contributed by atoms with Gasteiger partial charge < -0.3 is 0 Å². The lowest BCUT2D eigenvalue weighted by atomic mass is 9.89. The zero-order valence-electron chi connectivity index (χ0n) is 38.6. The minimum absolute atomic E-state index is 0.575. The minimum atomic E-state index is -1.95. The summed E-state index contributed by atoms with van der Waals surface area (Å²) in [6.07, 6.45) is 6.19. The highest BCUT2D eigenvalue weighted by molar-refractivity contribution is 8.22. The molecule has 1 aromatic heterocycles. The molecule has 7 rings (SSSR count). The molecule has 5 heteroatoms. The van der Waals surface area contributed by atoms with Crippen LogP contribution < -0.4 is 15.2 Å². The molecule has 0 fully saturated rings. The van der Waals surface area contributed by atoms with Gasteiger partial charge in [0.1, 0.15) is 12.4 Å². The van der Waals surface area contributed by atoms with Crippen LogP contribution in [0.1, 0.15) is 86.7 Å². The average Bonchev–Trinajstić information content (AvgIpc) is 3.58. The highest BCUT2D eigenvalue weighted by atomic mass is 32.0. The van der Waals surface area contributed by atoms with Crippen molar-refractivity contribution in [3.8, 4) is 44.5 Å². The zero-order valence-corrected chi connectivity index (χ0v) is 40.4. The summed E-state index contributed by atoms with van der Waals surface area (Å²) in [5.74, 6) is 0. The largest absolute Gasteiger partial charge is 0.243 e. The summed E-state index contributed by atoms with van der Waals surface area (Å²) >= 11 is 0. The van der Waals surface area contributed by atoms with Crippen molar-refractivity contribution < 1.29 is 9.13 Å². The number of nitrogens with zero attached hydrogens (tertiary/aromatic N) is 2. The number of imidazole rings is 1. The standard InChI is InChI=1S/C48H50OP2.C7H13N2/c1-27-19-31(5)43(32(6)20-27)39-15-13-16-40(44-33(7)21-28(2)22-34(44)8)47(39)50-51(49)48-41(45-35(9)23-29(3)24-36(45)10)17-14-18-42(48)46-37(11)25-30(4)26-38(46)12;1-7(2)9-5-4-8(3)6-9/h13-26H,1-12H3;4-7H,1-3H3/q;+1. The first kappa shape index (κ1) is 44.6. The Bertz CT molecular complexity index is 2520. The molecule has 0 bridgehead atoms. The van der Waals surface area contributed by atoms with Crippen molar-refractivity contribution in [3.63, 3.8) is 0 Å². The Morgan fingerprint density at radius 1 is 0.500 bits per heavy atom. The van der Waals surface area contributed by atoms with Crippen LogP contribution in [0.25, 0.3) is 44.5 Å². The third-order valence-electron chi connectivity index (χ3n) is 11.6. The van der Waals surface area contributed by atoms with E-state index in [-0.39, 0.29) is 0 Å². The van der Waals surface area contributed by atoms with E-state index in [0.717, 1.165) is 41.1 Å². The molecule has 6 aromatic carbocycles. The van der Waals surface area contributed by atoms with Gasteiger partial charge in [-0.15, -0.1) is 9.87 Å². The molecule has 0 aliphatic rings. The summed E-state index contributed by atoms with van der Waals surface area (Å²) in [6, 6.07) is 31.9. The molecular formula is C55H63N2OP2+. The van der Waals surface area contributed by atoms with Crippen LogP contribution in [0.15, 0.2) is 104 Å². The Morgan fingerprint density at radius 2 is 0.800 bits per heavy atom. The molecule has 0 radical (unpaired) electrons. The van der Waals surface area contributed by atoms with Crippen molar-refractivity contribution in [2.45, 2.75) is 103 Å². The molecule has 1 atom stereocenters. The minimum Gasteiger partial charge on any atom is -0.240 e. The molecule has 0 aliphatic carbocycles. The molecule has 0 saturated carbocycles. The van der Waals surface area contributed by atoms with Gasteiger partial charge in [-0.1, -0.05) is 95.1 Å². The van der Waals surface area contributed by atoms with E-state index in [0.29, 0.717) is 6.04 Å². The van der Waals surface area contributed by atoms with Crippen LogP contribution in [-0.4, -0.2) is 4.57 Å². The van der Waals surface area contributed by atoms with Gasteiger partial charge >= 0.3 is 0 Å². The monoisotopic (exact) mass is 829 g/mol. The predicted octanol–water partition coefficient (Wildman–Crippen LogP) is 14.6. The normalized spacial score (nSPS) is 11.7. The fourth-order valence-corrected chi connectivity index (χ4v) is 13.3. The second-order valence-electron chi connectivity index (χ2n) is 17.5. The molecule has 1 heterocycles. The number of aryl methyl sites for hydroxylation is 13. The number of hydrogen-bond donors (Lipinski definition) is 0. The van der Waals surface area contributed by atoms with Gasteiger partial charge in [0.05, 0.1) is 13.1 Å². The second-order valence-corrected chi connectivity index (χ2v) is 20.8. The number of aromatic nitrogens is 2. The Morgan fingerprint density at radius 3 is 1.07 bits per heavy atom. The first-order valence-electron chi connectivity index (χ1n) is 21.2. The molecule has 0 aliphatic heterocycles. The van der Waals surface area contributed by atoms with E-state index in [1.54, 1.807) is 0 Å². The van der Waals surface area contributed by atoms with Crippen LogP contribution in [0.2, 0.25) is 0 Å². The number of rotatable bonds is 8. The smallest absolute Gasteiger partial charge is 0.240 e. The van der Waals surface area contributed by atoms with E-state index < -0.39 is 7.49 Å². The van der Waals surface area contributed by atoms with Crippen LogP contribution in [0.5, 0.6) is 0 Å². The molecule has 1 unspecified atom stereocenters. The first-order valence-corrected chi connectivity index (χ1v) is 24.0. The summed E-state index contributed by atoms with van der Waals surface area (Å²) < 4.78 is 19.9. The lowest BCUT2D eigenvalue weighted by Gasteiger charge is -2.25. The lowest BCUT2D eigenvalue weighted by Crippen LogP contribution is -2.23. The fraction of sp³-hybridized carbons (Fsp3) is 0.291. The Hall–Kier alpha value is -4.94. The van der Waals surface area contributed by atoms with Crippen LogP contribution in [0.4, 0.5) is 0 Å². The third-order valence-corrected chi connectivity index (χ3v) is 15.1. The molecule has 0 N–H and O–H groups in total. The third kappa shape index (κ3) is 9.34. The first-order chi connectivity index (χ1) is 28.4. The van der Waals surface area contributed by atoms with Crippen LogP contribution >= 0.6 is 15.8 Å². The van der Waals surface area contributed by atoms with E-state index in [9.17, 15) is 0 Å². The van der Waals surface area contributed by atoms with Crippen LogP contribution in [0, 0.1) is 83.1 Å². The zero-order chi connectivity index (χ0) is 43.7. The molecule has 60 heavy (non-hydrogen) atoms. The van der Waals surface area contributed by atoms with Gasteiger partial charge in [-0.25, -0.2) is 9.13 Å². The lowest BCUT2D eigenvalue weighted by molar-refractivity contribution is -0.671. The van der Waals surface area contributed by atoms with Crippen molar-refractivity contribution in [3.05, 3.63) is 170 Å². The maximum atomic E-state index is 15.7. The van der Waals surface area contributed by atoms with E-state index in [1.165, 1.54) is 89.0 Å². The Labute approximate surface area is 363 Å². The maximum Gasteiger partial charge on any atom is 0.243 e. The summed E-state index contributed by atoms with van der Waals surface area (Å²) in [5.41, 5.74) is 24.1. The van der Waals surface area contributed by atoms with Gasteiger partial charge in [0.15, 0.2) is 5.30 Å². The van der Waals surface area contributed by atoms with Crippen molar-refractivity contribution in [1.82, 2.24) is 4.57 Å². The van der Waals surface area contributed by atoms with Gasteiger partial charge in [-0.2, -0.15) is 8.27 Å². The average molecular weight is 830 g/mol. The van der Waals surface area contributed by atoms with Crippen molar-refractivity contribution in [2.75, 3.05) is 0 Å². The molecule has 308 valence electrons. The molecule has 0 spiro atoms. The SMILES string of the molecule is CC(C)n1cc[n+](C)c1.Cc1cc(C)c(-c2cccc(-c3c(C)cc(C)cc3C)c2[P-][P+](=O)c2c(-c3c(C)cc(C)cc3C)cccc2-c2c(C)cc(C)cc2C)c(C)c1. The van der Waals surface area contributed by atoms with Gasteiger partial charge in [0.2, 0.25) is 13.8 Å². The van der Waals surface area contributed by atoms with Crippen LogP contribution in [0.3, 0.4) is 0 Å². The van der Waals surface area contributed by atoms with Crippen molar-refractivity contribution in [2.24, 2.45) is 7.05 Å². The van der Waals surface area contributed by atoms with Gasteiger partial charge in [0, 0.05) is 11.1 Å². The van der Waals surface area contributed by atoms with Gasteiger partial charge in [-0.3, -0.25) is 0 Å². The van der Waals surface area contributed by atoms with Crippen molar-refractivity contribution in [1.29, 1.82) is 0 Å². The van der Waals surface area contributed by atoms with E-state index in [4.69, 9.17) is 0 Å². The van der Waals surface area contributed by atoms with Crippen molar-refractivity contribution >= 4 is 26.4 Å². The van der Waals surface area contributed by atoms with Crippen LogP contribution in [-0.2, 0) is 11.6 Å².